The first kappa shape index (κ1) is 23.4. The Balaban J connectivity index is 1.30. The smallest absolute Gasteiger partial charge is 0.255 e. The molecule has 5 rings (SSSR count). The molecule has 8 heteroatoms. The fraction of sp³-hybridized carbons (Fsp3) is 0.654. The van der Waals surface area contributed by atoms with E-state index < -0.39 is 11.9 Å². The average Bonchev–Trinajstić information content (AvgIpc) is 2.97. The summed E-state index contributed by atoms with van der Waals surface area (Å²) in [6, 6.07) is 3.57. The lowest BCUT2D eigenvalue weighted by Gasteiger charge is -2.35. The number of amides is 3. The largest absolute Gasteiger partial charge is 0.381 e. The van der Waals surface area contributed by atoms with Crippen LogP contribution in [0.25, 0.3) is 0 Å². The first-order chi connectivity index (χ1) is 16.5. The number of ether oxygens (including phenoxy) is 1. The van der Waals surface area contributed by atoms with Crippen LogP contribution in [0.4, 0.5) is 4.39 Å². The molecular weight excluding hydrogens is 437 g/mol. The molecule has 0 radical (unpaired) electrons. The molecule has 2 N–H and O–H groups in total. The van der Waals surface area contributed by atoms with E-state index in [2.05, 4.69) is 10.6 Å². The van der Waals surface area contributed by atoms with Crippen LogP contribution in [0.3, 0.4) is 0 Å². The monoisotopic (exact) mass is 471 g/mol. The van der Waals surface area contributed by atoms with E-state index in [1.54, 1.807) is 12.1 Å². The highest BCUT2D eigenvalue weighted by Gasteiger charge is 2.40. The molecule has 34 heavy (non-hydrogen) atoms. The molecule has 0 aromatic heterocycles. The van der Waals surface area contributed by atoms with Gasteiger partial charge in [-0.3, -0.25) is 19.7 Å². The zero-order chi connectivity index (χ0) is 23.7. The van der Waals surface area contributed by atoms with Gasteiger partial charge in [-0.05, 0) is 62.5 Å². The molecule has 1 aromatic rings. The van der Waals surface area contributed by atoms with Gasteiger partial charge in [-0.15, -0.1) is 0 Å². The number of benzene rings is 1. The van der Waals surface area contributed by atoms with Crippen LogP contribution < -0.4 is 10.6 Å². The number of fused-ring (bicyclic) bond motifs is 1. The van der Waals surface area contributed by atoms with Crippen molar-refractivity contribution in [2.75, 3.05) is 13.2 Å². The summed E-state index contributed by atoms with van der Waals surface area (Å²) in [4.78, 5) is 38.1. The Morgan fingerprint density at radius 2 is 1.88 bits per heavy atom. The molecule has 3 aliphatic heterocycles. The van der Waals surface area contributed by atoms with Crippen LogP contribution in [0, 0.1) is 11.7 Å². The van der Waals surface area contributed by atoms with Crippen molar-refractivity contribution in [2.45, 2.75) is 88.9 Å². The van der Waals surface area contributed by atoms with Gasteiger partial charge in [0.05, 0.1) is 6.54 Å². The van der Waals surface area contributed by atoms with Gasteiger partial charge in [0.15, 0.2) is 0 Å². The highest BCUT2D eigenvalue weighted by Crippen LogP contribution is 2.34. The second-order valence-corrected chi connectivity index (χ2v) is 10.2. The molecule has 0 bridgehead atoms. The zero-order valence-electron chi connectivity index (χ0n) is 19.6. The number of nitrogens with one attached hydrogen (secondary N) is 2. The summed E-state index contributed by atoms with van der Waals surface area (Å²) >= 11 is 0. The molecule has 1 saturated carbocycles. The second-order valence-electron chi connectivity index (χ2n) is 10.2. The first-order valence-electron chi connectivity index (χ1n) is 12.8. The SMILES string of the molecule is O=C1CCC(N2Cc3c(ccc(C[C@H]4CCCC[C@@H]4NC4CCCOCC4)c3F)C2=O)C(=O)N1. The van der Waals surface area contributed by atoms with Crippen molar-refractivity contribution >= 4 is 17.7 Å². The van der Waals surface area contributed by atoms with Crippen LogP contribution in [0.1, 0.15) is 79.3 Å². The summed E-state index contributed by atoms with van der Waals surface area (Å²) in [7, 11) is 0. The molecule has 3 fully saturated rings. The summed E-state index contributed by atoms with van der Waals surface area (Å²) in [6.07, 6.45) is 8.86. The van der Waals surface area contributed by atoms with Crippen molar-refractivity contribution in [3.8, 4) is 0 Å². The minimum Gasteiger partial charge on any atom is -0.381 e. The molecular formula is C26H34FN3O4. The van der Waals surface area contributed by atoms with E-state index >= 15 is 4.39 Å². The number of imide groups is 1. The zero-order valence-corrected chi connectivity index (χ0v) is 19.6. The lowest BCUT2D eigenvalue weighted by Crippen LogP contribution is -2.52. The van der Waals surface area contributed by atoms with Crippen molar-refractivity contribution in [1.29, 1.82) is 0 Å². The second kappa shape index (κ2) is 10.1. The molecule has 4 atom stereocenters. The van der Waals surface area contributed by atoms with Gasteiger partial charge in [0, 0.05) is 42.8 Å². The normalized spacial score (nSPS) is 30.1. The molecule has 4 aliphatic rings. The fourth-order valence-electron chi connectivity index (χ4n) is 6.14. The number of hydrogen-bond donors (Lipinski definition) is 2. The van der Waals surface area contributed by atoms with Crippen molar-refractivity contribution < 1.29 is 23.5 Å². The quantitative estimate of drug-likeness (QED) is 0.645. The van der Waals surface area contributed by atoms with E-state index in [0.717, 1.165) is 51.7 Å². The topological polar surface area (TPSA) is 87.7 Å². The number of nitrogens with zero attached hydrogens (tertiary/aromatic N) is 1. The lowest BCUT2D eigenvalue weighted by atomic mass is 9.79. The Bertz CT molecular complexity index is 960. The van der Waals surface area contributed by atoms with Crippen LogP contribution in [0.15, 0.2) is 12.1 Å². The Hall–Kier alpha value is -2.32. The molecule has 1 aromatic carbocycles. The Labute approximate surface area is 199 Å². The number of carbonyl (C=O) groups excluding carboxylic acids is 3. The number of carbonyl (C=O) groups is 3. The third-order valence-corrected chi connectivity index (χ3v) is 8.02. The van der Waals surface area contributed by atoms with E-state index in [1.807, 2.05) is 0 Å². The molecule has 1 aliphatic carbocycles. The van der Waals surface area contributed by atoms with Gasteiger partial charge in [-0.2, -0.15) is 0 Å². The number of piperidine rings is 1. The number of rotatable bonds is 5. The van der Waals surface area contributed by atoms with Crippen molar-refractivity contribution in [2.24, 2.45) is 5.92 Å². The fourth-order valence-corrected chi connectivity index (χ4v) is 6.14. The van der Waals surface area contributed by atoms with Crippen molar-refractivity contribution in [3.63, 3.8) is 0 Å². The van der Waals surface area contributed by atoms with E-state index in [4.69, 9.17) is 4.74 Å². The van der Waals surface area contributed by atoms with Gasteiger partial charge in [0.2, 0.25) is 11.8 Å². The van der Waals surface area contributed by atoms with Gasteiger partial charge >= 0.3 is 0 Å². The van der Waals surface area contributed by atoms with Crippen molar-refractivity contribution in [1.82, 2.24) is 15.5 Å². The molecule has 2 unspecified atom stereocenters. The van der Waals surface area contributed by atoms with E-state index in [9.17, 15) is 14.4 Å². The van der Waals surface area contributed by atoms with Crippen LogP contribution in [0.2, 0.25) is 0 Å². The van der Waals surface area contributed by atoms with Crippen molar-refractivity contribution in [3.05, 3.63) is 34.6 Å². The van der Waals surface area contributed by atoms with E-state index in [1.165, 1.54) is 11.3 Å². The Kier molecular flexibility index (Phi) is 6.97. The first-order valence-corrected chi connectivity index (χ1v) is 12.8. The minimum atomic E-state index is -0.726. The molecule has 0 spiro atoms. The van der Waals surface area contributed by atoms with Crippen LogP contribution >= 0.6 is 0 Å². The maximum atomic E-state index is 15.7. The summed E-state index contributed by atoms with van der Waals surface area (Å²) < 4.78 is 21.3. The van der Waals surface area contributed by atoms with Gasteiger partial charge < -0.3 is 15.0 Å². The molecule has 7 nitrogen and oxygen atoms in total. The maximum absolute atomic E-state index is 15.7. The predicted octanol–water partition coefficient (Wildman–Crippen LogP) is 2.85. The van der Waals surface area contributed by atoms with Gasteiger partial charge in [0.1, 0.15) is 11.9 Å². The molecule has 2 saturated heterocycles. The minimum absolute atomic E-state index is 0.0779. The average molecular weight is 472 g/mol. The van der Waals surface area contributed by atoms with Crippen LogP contribution in [-0.4, -0.2) is 54.0 Å². The number of hydrogen-bond acceptors (Lipinski definition) is 5. The third-order valence-electron chi connectivity index (χ3n) is 8.02. The van der Waals surface area contributed by atoms with E-state index in [0.29, 0.717) is 41.1 Å². The molecule has 3 amide bonds. The van der Waals surface area contributed by atoms with Gasteiger partial charge in [-0.1, -0.05) is 18.9 Å². The van der Waals surface area contributed by atoms with Crippen LogP contribution in [0.5, 0.6) is 0 Å². The van der Waals surface area contributed by atoms with Gasteiger partial charge in [-0.25, -0.2) is 4.39 Å². The standard InChI is InChI=1S/C26H34FN3O4/c27-24-17(14-16-4-1-2-6-21(16)28-18-5-3-12-34-13-11-18)7-8-19-20(24)15-30(26(19)33)22-9-10-23(31)29-25(22)32/h7-8,16,18,21-22,28H,1-6,9-15H2,(H,29,31,32)/t16-,18?,21+,22?/m1/s1. The summed E-state index contributed by atoms with van der Waals surface area (Å²) in [5.74, 6) is -1.09. The third kappa shape index (κ3) is 4.75. The van der Waals surface area contributed by atoms with Gasteiger partial charge in [0.25, 0.3) is 5.91 Å². The van der Waals surface area contributed by atoms with E-state index in [-0.39, 0.29) is 37.0 Å². The Morgan fingerprint density at radius 1 is 1.03 bits per heavy atom. The summed E-state index contributed by atoms with van der Waals surface area (Å²) in [5.41, 5.74) is 1.37. The van der Waals surface area contributed by atoms with Crippen LogP contribution in [-0.2, 0) is 27.3 Å². The number of halogens is 1. The maximum Gasteiger partial charge on any atom is 0.255 e. The predicted molar refractivity (Wildman–Crippen MR) is 123 cm³/mol. The highest BCUT2D eigenvalue weighted by molar-refractivity contribution is 6.05. The molecule has 184 valence electrons. The molecule has 3 heterocycles. The highest BCUT2D eigenvalue weighted by atomic mass is 19.1. The summed E-state index contributed by atoms with van der Waals surface area (Å²) in [6.45, 7) is 1.71. The Morgan fingerprint density at radius 3 is 2.74 bits per heavy atom. The summed E-state index contributed by atoms with van der Waals surface area (Å²) in [5, 5.41) is 6.16. The lowest BCUT2D eigenvalue weighted by molar-refractivity contribution is -0.136.